The Morgan fingerprint density at radius 2 is 1.84 bits per heavy atom. The number of hydrogen-bond donors (Lipinski definition) is 3. The van der Waals surface area contributed by atoms with Gasteiger partial charge in [0.2, 0.25) is 5.78 Å². The van der Waals surface area contributed by atoms with Gasteiger partial charge in [0, 0.05) is 11.1 Å². The van der Waals surface area contributed by atoms with E-state index in [2.05, 4.69) is 0 Å². The van der Waals surface area contributed by atoms with Crippen LogP contribution in [0.2, 0.25) is 0 Å². The number of ether oxygens (including phenoxy) is 2. The number of phenols is 2. The Labute approximate surface area is 181 Å². The molecule has 31 heavy (non-hydrogen) atoms. The summed E-state index contributed by atoms with van der Waals surface area (Å²) in [7, 11) is 0. The van der Waals surface area contributed by atoms with Crippen molar-refractivity contribution in [1.82, 2.24) is 0 Å². The third-order valence-electron chi connectivity index (χ3n) is 5.91. The van der Waals surface area contributed by atoms with Crippen molar-refractivity contribution in [2.24, 2.45) is 0 Å². The van der Waals surface area contributed by atoms with Gasteiger partial charge >= 0.3 is 0 Å². The van der Waals surface area contributed by atoms with E-state index < -0.39 is 23.6 Å². The Morgan fingerprint density at radius 1 is 1.16 bits per heavy atom. The molecule has 0 fully saturated rings. The molecule has 0 spiro atoms. The van der Waals surface area contributed by atoms with E-state index in [1.165, 1.54) is 12.1 Å². The number of hydrogen-bond acceptors (Lipinski definition) is 6. The van der Waals surface area contributed by atoms with Crippen molar-refractivity contribution in [3.8, 4) is 23.0 Å². The van der Waals surface area contributed by atoms with E-state index in [0.29, 0.717) is 41.7 Å². The molecule has 2 atom stereocenters. The summed E-state index contributed by atoms with van der Waals surface area (Å²) in [5, 5.41) is 31.3. The molecule has 6 nitrogen and oxygen atoms in total. The zero-order valence-corrected chi connectivity index (χ0v) is 18.2. The molecule has 2 aromatic rings. The number of phenolic OH excluding ortho intramolecular Hbond substituents is 2. The number of rotatable bonds is 3. The van der Waals surface area contributed by atoms with Gasteiger partial charge in [0.25, 0.3) is 0 Å². The van der Waals surface area contributed by atoms with Crippen LogP contribution in [0, 0.1) is 0 Å². The van der Waals surface area contributed by atoms with Crippen LogP contribution in [0.25, 0.3) is 0 Å². The topological polar surface area (TPSA) is 96.2 Å². The minimum Gasteiger partial charge on any atom is -0.508 e. The number of ketones is 1. The number of aromatic hydroxyl groups is 2. The quantitative estimate of drug-likeness (QED) is 0.633. The van der Waals surface area contributed by atoms with Gasteiger partial charge in [0.1, 0.15) is 34.2 Å². The van der Waals surface area contributed by atoms with E-state index in [4.69, 9.17) is 9.47 Å². The van der Waals surface area contributed by atoms with E-state index in [-0.39, 0.29) is 22.8 Å². The Morgan fingerprint density at radius 3 is 2.48 bits per heavy atom. The van der Waals surface area contributed by atoms with Crippen LogP contribution in [0.1, 0.15) is 67.3 Å². The highest BCUT2D eigenvalue weighted by Gasteiger charge is 2.43. The van der Waals surface area contributed by atoms with E-state index >= 15 is 0 Å². The Hall–Kier alpha value is -2.99. The fraction of sp³-hybridized carbons (Fsp3) is 0.400. The van der Waals surface area contributed by atoms with Crippen molar-refractivity contribution < 1.29 is 29.6 Å². The van der Waals surface area contributed by atoms with Crippen LogP contribution < -0.4 is 9.47 Å². The summed E-state index contributed by atoms with van der Waals surface area (Å²) in [6.45, 7) is 7.95. The van der Waals surface area contributed by atoms with Crippen LogP contribution in [0.5, 0.6) is 23.0 Å². The summed E-state index contributed by atoms with van der Waals surface area (Å²) < 4.78 is 12.5. The lowest BCUT2D eigenvalue weighted by Crippen LogP contribution is -2.38. The molecule has 2 heterocycles. The average molecular weight is 424 g/mol. The average Bonchev–Trinajstić information content (AvgIpc) is 2.70. The normalized spacial score (nSPS) is 21.4. The van der Waals surface area contributed by atoms with Gasteiger partial charge in [-0.05, 0) is 64.7 Å². The minimum atomic E-state index is -1.47. The molecule has 0 radical (unpaired) electrons. The third-order valence-corrected chi connectivity index (χ3v) is 5.91. The lowest BCUT2D eigenvalue weighted by atomic mass is 9.84. The molecule has 0 unspecified atom stereocenters. The predicted molar refractivity (Wildman–Crippen MR) is 116 cm³/mol. The number of aliphatic hydroxyl groups excluding tert-OH is 1. The van der Waals surface area contributed by atoms with Gasteiger partial charge < -0.3 is 24.8 Å². The van der Waals surface area contributed by atoms with Crippen LogP contribution in [-0.4, -0.2) is 32.8 Å². The number of aliphatic hydroxyl groups is 1. The molecule has 2 aromatic carbocycles. The second-order valence-corrected chi connectivity index (χ2v) is 9.13. The van der Waals surface area contributed by atoms with Gasteiger partial charge in [-0.15, -0.1) is 0 Å². The molecule has 2 aliphatic heterocycles. The molecule has 164 valence electrons. The molecular weight excluding hydrogens is 396 g/mol. The van der Waals surface area contributed by atoms with Gasteiger partial charge in [0.15, 0.2) is 12.2 Å². The van der Waals surface area contributed by atoms with E-state index in [0.717, 1.165) is 5.57 Å². The van der Waals surface area contributed by atoms with E-state index in [1.54, 1.807) is 12.1 Å². The molecule has 0 bridgehead atoms. The van der Waals surface area contributed by atoms with Gasteiger partial charge in [-0.3, -0.25) is 4.79 Å². The van der Waals surface area contributed by atoms with Crippen molar-refractivity contribution in [3.05, 3.63) is 58.2 Å². The Kier molecular flexibility index (Phi) is 5.21. The molecule has 6 heteroatoms. The first-order valence-electron chi connectivity index (χ1n) is 10.5. The second kappa shape index (κ2) is 7.61. The summed E-state index contributed by atoms with van der Waals surface area (Å²) in [6, 6.07) is 6.17. The lowest BCUT2D eigenvalue weighted by Gasteiger charge is -2.38. The monoisotopic (exact) mass is 424 g/mol. The van der Waals surface area contributed by atoms with Crippen molar-refractivity contribution in [2.75, 3.05) is 0 Å². The molecule has 3 N–H and O–H groups in total. The fourth-order valence-electron chi connectivity index (χ4n) is 4.15. The molecule has 0 saturated carbocycles. The molecule has 0 aliphatic carbocycles. The highest BCUT2D eigenvalue weighted by molar-refractivity contribution is 6.06. The van der Waals surface area contributed by atoms with Crippen LogP contribution in [0.4, 0.5) is 0 Å². The largest absolute Gasteiger partial charge is 0.508 e. The van der Waals surface area contributed by atoms with Crippen molar-refractivity contribution in [2.45, 2.75) is 64.8 Å². The van der Waals surface area contributed by atoms with Crippen molar-refractivity contribution in [3.63, 3.8) is 0 Å². The standard InChI is InChI=1S/C25H28O6/c1-13(2)5-10-17-23-16(11-12-25(3,4)31-23)19(27)18-20(28)21(29)22(30-24(17)18)14-6-8-15(26)9-7-14/h5-9,21-22,26-27,29H,10-12H2,1-4H3/t21-,22+/m0/s1. The Bertz CT molecular complexity index is 1060. The summed E-state index contributed by atoms with van der Waals surface area (Å²) in [4.78, 5) is 13.2. The molecule has 2 aliphatic rings. The number of fused-ring (bicyclic) bond motifs is 2. The van der Waals surface area contributed by atoms with Gasteiger partial charge in [0.05, 0.1) is 0 Å². The summed E-state index contributed by atoms with van der Waals surface area (Å²) in [5.74, 6) is 0.128. The number of carbonyl (C=O) groups is 1. The number of allylic oxidation sites excluding steroid dienone is 2. The Balaban J connectivity index is 1.92. The first-order valence-corrected chi connectivity index (χ1v) is 10.5. The van der Waals surface area contributed by atoms with Crippen LogP contribution in [0.3, 0.4) is 0 Å². The van der Waals surface area contributed by atoms with Crippen molar-refractivity contribution in [1.29, 1.82) is 0 Å². The van der Waals surface area contributed by atoms with Gasteiger partial charge in [-0.1, -0.05) is 23.8 Å². The van der Waals surface area contributed by atoms with Crippen LogP contribution in [-0.2, 0) is 12.8 Å². The number of benzene rings is 2. The summed E-state index contributed by atoms with van der Waals surface area (Å²) >= 11 is 0. The highest BCUT2D eigenvalue weighted by atomic mass is 16.5. The van der Waals surface area contributed by atoms with Crippen LogP contribution >= 0.6 is 0 Å². The van der Waals surface area contributed by atoms with Gasteiger partial charge in [-0.25, -0.2) is 0 Å². The summed E-state index contributed by atoms with van der Waals surface area (Å²) in [5.41, 5.74) is 2.53. The summed E-state index contributed by atoms with van der Waals surface area (Å²) in [6.07, 6.45) is 1.32. The minimum absolute atomic E-state index is 0.0155. The molecule has 0 aromatic heterocycles. The lowest BCUT2D eigenvalue weighted by molar-refractivity contribution is 0.0198. The molecule has 0 saturated heterocycles. The second-order valence-electron chi connectivity index (χ2n) is 9.13. The highest BCUT2D eigenvalue weighted by Crippen LogP contribution is 2.51. The van der Waals surface area contributed by atoms with E-state index in [9.17, 15) is 20.1 Å². The zero-order chi connectivity index (χ0) is 22.5. The maximum atomic E-state index is 13.2. The van der Waals surface area contributed by atoms with Crippen molar-refractivity contribution >= 4 is 5.78 Å². The maximum absolute atomic E-state index is 13.2. The smallest absolute Gasteiger partial charge is 0.202 e. The maximum Gasteiger partial charge on any atom is 0.202 e. The molecule has 4 rings (SSSR count). The van der Waals surface area contributed by atoms with Crippen LogP contribution in [0.15, 0.2) is 35.9 Å². The zero-order valence-electron chi connectivity index (χ0n) is 18.2. The first kappa shape index (κ1) is 21.2. The fourth-order valence-corrected chi connectivity index (χ4v) is 4.15. The SMILES string of the molecule is CC(C)=CCc1c2c(c(O)c3c1O[C@H](c1ccc(O)cc1)[C@@H](O)C3=O)CCC(C)(C)O2. The number of carbonyl (C=O) groups excluding carboxylic acids is 1. The third kappa shape index (κ3) is 3.76. The van der Waals surface area contributed by atoms with Gasteiger partial charge in [-0.2, -0.15) is 0 Å². The van der Waals surface area contributed by atoms with E-state index in [1.807, 2.05) is 33.8 Å². The predicted octanol–water partition coefficient (Wildman–Crippen LogP) is 4.39. The number of Topliss-reactive ketones (excluding diaryl/α,β-unsaturated/α-hetero) is 1. The molecule has 0 amide bonds. The first-order chi connectivity index (χ1) is 14.6. The molecular formula is C25H28O6.